The van der Waals surface area contributed by atoms with Gasteiger partial charge in [0.05, 0.1) is 6.10 Å². The van der Waals surface area contributed by atoms with Crippen molar-refractivity contribution in [2.24, 2.45) is 7.05 Å². The van der Waals surface area contributed by atoms with Gasteiger partial charge in [-0.2, -0.15) is 0 Å². The zero-order chi connectivity index (χ0) is 12.1. The van der Waals surface area contributed by atoms with Crippen molar-refractivity contribution in [2.45, 2.75) is 44.6 Å². The molecule has 2 heterocycles. The Morgan fingerprint density at radius 2 is 2.47 bits per heavy atom. The number of carbonyl (C=O) groups is 1. The molecule has 1 fully saturated rings. The first-order valence-electron chi connectivity index (χ1n) is 6.35. The van der Waals surface area contributed by atoms with Crippen LogP contribution in [0, 0.1) is 0 Å². The number of ketones is 1. The summed E-state index contributed by atoms with van der Waals surface area (Å²) < 4.78 is 7.47. The first-order chi connectivity index (χ1) is 8.25. The monoisotopic (exact) mass is 236 g/mol. The molecule has 1 atom stereocenters. The molecule has 17 heavy (non-hydrogen) atoms. The molecule has 4 heteroatoms. The number of carbonyl (C=O) groups excluding carboxylic acids is 1. The molecule has 0 spiro atoms. The van der Waals surface area contributed by atoms with E-state index >= 15 is 0 Å². The Bertz CT molecular complexity index is 367. The topological polar surface area (TPSA) is 44.1 Å². The first-order valence-corrected chi connectivity index (χ1v) is 6.35. The number of hydrogen-bond donors (Lipinski definition) is 0. The van der Waals surface area contributed by atoms with E-state index in [0.717, 1.165) is 38.1 Å². The number of Topliss-reactive ketones (excluding diaryl/α,β-unsaturated/α-hetero) is 1. The summed E-state index contributed by atoms with van der Waals surface area (Å²) in [6.45, 7) is 0.867. The lowest BCUT2D eigenvalue weighted by Gasteiger charge is -2.08. The average molecular weight is 236 g/mol. The molecule has 0 bridgehead atoms. The number of hydrogen-bond acceptors (Lipinski definition) is 3. The van der Waals surface area contributed by atoms with Crippen LogP contribution in [0.4, 0.5) is 0 Å². The highest BCUT2D eigenvalue weighted by atomic mass is 16.5. The van der Waals surface area contributed by atoms with Crippen LogP contribution in [0.3, 0.4) is 0 Å². The van der Waals surface area contributed by atoms with E-state index < -0.39 is 0 Å². The fraction of sp³-hybridized carbons (Fsp3) is 0.692. The first kappa shape index (κ1) is 12.3. The quantitative estimate of drug-likeness (QED) is 0.757. The van der Waals surface area contributed by atoms with Gasteiger partial charge in [-0.05, 0) is 19.3 Å². The van der Waals surface area contributed by atoms with E-state index in [2.05, 4.69) is 4.98 Å². The van der Waals surface area contributed by atoms with Crippen molar-refractivity contribution >= 4 is 5.78 Å². The predicted octanol–water partition coefficient (Wildman–Crippen LogP) is 1.88. The van der Waals surface area contributed by atoms with Crippen molar-refractivity contribution in [3.05, 3.63) is 18.2 Å². The number of nitrogens with zero attached hydrogens (tertiary/aromatic N) is 2. The second kappa shape index (κ2) is 5.96. The van der Waals surface area contributed by atoms with Crippen LogP contribution in [-0.4, -0.2) is 28.0 Å². The summed E-state index contributed by atoms with van der Waals surface area (Å²) >= 11 is 0. The molecule has 4 nitrogen and oxygen atoms in total. The van der Waals surface area contributed by atoms with E-state index in [4.69, 9.17) is 4.74 Å². The van der Waals surface area contributed by atoms with Crippen LogP contribution >= 0.6 is 0 Å². The van der Waals surface area contributed by atoms with E-state index in [0.29, 0.717) is 24.7 Å². The van der Waals surface area contributed by atoms with Crippen molar-refractivity contribution < 1.29 is 9.53 Å². The Balaban J connectivity index is 1.65. The SMILES string of the molecule is Cn1ccnc1CCC(=O)CCC1CCCO1. The molecule has 0 aromatic carbocycles. The zero-order valence-corrected chi connectivity index (χ0v) is 10.4. The smallest absolute Gasteiger partial charge is 0.133 e. The van der Waals surface area contributed by atoms with Gasteiger partial charge >= 0.3 is 0 Å². The van der Waals surface area contributed by atoms with Crippen molar-refractivity contribution in [2.75, 3.05) is 6.61 Å². The van der Waals surface area contributed by atoms with Gasteiger partial charge in [0.1, 0.15) is 11.6 Å². The highest BCUT2D eigenvalue weighted by Crippen LogP contribution is 2.17. The molecule has 1 aromatic rings. The number of ether oxygens (including phenoxy) is 1. The third kappa shape index (κ3) is 3.66. The largest absolute Gasteiger partial charge is 0.378 e. The normalized spacial score (nSPS) is 19.7. The lowest BCUT2D eigenvalue weighted by Crippen LogP contribution is -2.10. The van der Waals surface area contributed by atoms with Crippen molar-refractivity contribution in [3.8, 4) is 0 Å². The van der Waals surface area contributed by atoms with Gasteiger partial charge in [0.15, 0.2) is 0 Å². The van der Waals surface area contributed by atoms with Gasteiger partial charge in [0.25, 0.3) is 0 Å². The molecule has 1 aromatic heterocycles. The maximum atomic E-state index is 11.7. The van der Waals surface area contributed by atoms with Gasteiger partial charge in [-0.3, -0.25) is 4.79 Å². The number of aryl methyl sites for hydroxylation is 2. The second-order valence-electron chi connectivity index (χ2n) is 4.67. The molecule has 1 aliphatic heterocycles. The number of aromatic nitrogens is 2. The molecule has 0 N–H and O–H groups in total. The standard InChI is InChI=1S/C13H20N2O2/c1-15-9-8-14-13(15)7-5-11(16)4-6-12-3-2-10-17-12/h8-9,12H,2-7,10H2,1H3. The molecular weight excluding hydrogens is 216 g/mol. The summed E-state index contributed by atoms with van der Waals surface area (Å²) in [6, 6.07) is 0. The predicted molar refractivity (Wildman–Crippen MR) is 64.7 cm³/mol. The van der Waals surface area contributed by atoms with E-state index in [1.807, 2.05) is 17.8 Å². The van der Waals surface area contributed by atoms with Crippen LogP contribution in [0.2, 0.25) is 0 Å². The van der Waals surface area contributed by atoms with Crippen molar-refractivity contribution in [1.82, 2.24) is 9.55 Å². The Morgan fingerprint density at radius 1 is 1.59 bits per heavy atom. The summed E-state index contributed by atoms with van der Waals surface area (Å²) in [6.07, 6.45) is 9.14. The van der Waals surface area contributed by atoms with E-state index in [-0.39, 0.29) is 0 Å². The Hall–Kier alpha value is -1.16. The summed E-state index contributed by atoms with van der Waals surface area (Å²) in [5.74, 6) is 1.30. The fourth-order valence-electron chi connectivity index (χ4n) is 2.21. The Morgan fingerprint density at radius 3 is 3.12 bits per heavy atom. The minimum atomic E-state index is 0.323. The van der Waals surface area contributed by atoms with Crippen LogP contribution in [-0.2, 0) is 23.0 Å². The molecule has 0 radical (unpaired) electrons. The van der Waals surface area contributed by atoms with Crippen molar-refractivity contribution in [3.63, 3.8) is 0 Å². The number of rotatable bonds is 6. The molecule has 0 aliphatic carbocycles. The second-order valence-corrected chi connectivity index (χ2v) is 4.67. The van der Waals surface area contributed by atoms with Crippen LogP contribution in [0.1, 0.15) is 37.9 Å². The highest BCUT2D eigenvalue weighted by molar-refractivity contribution is 5.78. The van der Waals surface area contributed by atoms with Gasteiger partial charge in [0, 0.05) is 45.3 Å². The molecule has 94 valence electrons. The van der Waals surface area contributed by atoms with Crippen LogP contribution < -0.4 is 0 Å². The van der Waals surface area contributed by atoms with Crippen molar-refractivity contribution in [1.29, 1.82) is 0 Å². The summed E-state index contributed by atoms with van der Waals surface area (Å²) in [7, 11) is 1.96. The van der Waals surface area contributed by atoms with Gasteiger partial charge in [-0.15, -0.1) is 0 Å². The van der Waals surface area contributed by atoms with Gasteiger partial charge in [-0.25, -0.2) is 4.98 Å². The average Bonchev–Trinajstić information content (AvgIpc) is 2.95. The summed E-state index contributed by atoms with van der Waals surface area (Å²) in [5, 5.41) is 0. The highest BCUT2D eigenvalue weighted by Gasteiger charge is 2.16. The molecule has 0 saturated carbocycles. The van der Waals surface area contributed by atoms with E-state index in [9.17, 15) is 4.79 Å². The third-order valence-corrected chi connectivity index (χ3v) is 3.32. The van der Waals surface area contributed by atoms with Gasteiger partial charge < -0.3 is 9.30 Å². The Kier molecular flexibility index (Phi) is 4.31. The fourth-order valence-corrected chi connectivity index (χ4v) is 2.21. The Labute approximate surface area is 102 Å². The molecule has 2 rings (SSSR count). The lowest BCUT2D eigenvalue weighted by molar-refractivity contribution is -0.119. The lowest BCUT2D eigenvalue weighted by atomic mass is 10.1. The van der Waals surface area contributed by atoms with Crippen LogP contribution in [0.25, 0.3) is 0 Å². The van der Waals surface area contributed by atoms with Crippen LogP contribution in [0.5, 0.6) is 0 Å². The van der Waals surface area contributed by atoms with Gasteiger partial charge in [-0.1, -0.05) is 0 Å². The van der Waals surface area contributed by atoms with E-state index in [1.54, 1.807) is 6.20 Å². The zero-order valence-electron chi connectivity index (χ0n) is 10.4. The molecule has 1 saturated heterocycles. The minimum Gasteiger partial charge on any atom is -0.378 e. The molecule has 1 unspecified atom stereocenters. The summed E-state index contributed by atoms with van der Waals surface area (Å²) in [4.78, 5) is 15.9. The van der Waals surface area contributed by atoms with Gasteiger partial charge in [0.2, 0.25) is 0 Å². The third-order valence-electron chi connectivity index (χ3n) is 3.32. The number of imidazole rings is 1. The van der Waals surface area contributed by atoms with Crippen LogP contribution in [0.15, 0.2) is 12.4 Å². The molecular formula is C13H20N2O2. The maximum absolute atomic E-state index is 11.7. The molecule has 1 aliphatic rings. The molecule has 0 amide bonds. The van der Waals surface area contributed by atoms with E-state index in [1.165, 1.54) is 0 Å². The summed E-state index contributed by atoms with van der Waals surface area (Å²) in [5.41, 5.74) is 0. The minimum absolute atomic E-state index is 0.323. The maximum Gasteiger partial charge on any atom is 0.133 e.